The average molecular weight is 587 g/mol. The maximum absolute atomic E-state index is 12.9. The number of aliphatic hydroxyl groups excluding tert-OH is 1. The van der Waals surface area contributed by atoms with Gasteiger partial charge in [0.1, 0.15) is 17.8 Å². The van der Waals surface area contributed by atoms with E-state index in [9.17, 15) is 32.7 Å². The highest BCUT2D eigenvalue weighted by Gasteiger charge is 2.39. The molecule has 1 saturated heterocycles. The van der Waals surface area contributed by atoms with E-state index in [-0.39, 0.29) is 35.4 Å². The number of carbonyl (C=O) groups is 2. The molecule has 3 N–H and O–H groups in total. The van der Waals surface area contributed by atoms with E-state index < -0.39 is 48.7 Å². The fraction of sp³-hybridized carbons (Fsp3) is 0.417. The Morgan fingerprint density at radius 1 is 1.33 bits per heavy atom. The van der Waals surface area contributed by atoms with E-state index in [0.29, 0.717) is 0 Å². The number of hydrogen-bond donors (Lipinski definition) is 3. The summed E-state index contributed by atoms with van der Waals surface area (Å²) >= 11 is 0. The van der Waals surface area contributed by atoms with Crippen molar-refractivity contribution < 1.29 is 37.3 Å². The average Bonchev–Trinajstić information content (AvgIpc) is 3.29. The Kier molecular flexibility index (Phi) is 10.8. The first kappa shape index (κ1) is 30.5. The fourth-order valence-electron chi connectivity index (χ4n) is 3.58. The number of carbonyl (C=O) groups excluding carboxylic acids is 2. The summed E-state index contributed by atoms with van der Waals surface area (Å²) < 4.78 is 50.2. The molecular weight excluding hydrogens is 561 g/mol. The number of hydrogen-bond acceptors (Lipinski definition) is 9. The number of ether oxygens (including phenoxy) is 2. The number of halogens is 3. The maximum Gasteiger partial charge on any atom is 0.471 e. The zero-order valence-corrected chi connectivity index (χ0v) is 22.4. The van der Waals surface area contributed by atoms with Crippen molar-refractivity contribution in [1.82, 2.24) is 14.9 Å². The molecule has 0 saturated carbocycles. The molecular formula is C24H25F3N4O6S2. The van der Waals surface area contributed by atoms with E-state index in [0.717, 1.165) is 4.57 Å². The van der Waals surface area contributed by atoms with Crippen molar-refractivity contribution in [2.75, 3.05) is 24.7 Å². The number of anilines is 1. The second kappa shape index (κ2) is 13.9. The van der Waals surface area contributed by atoms with Gasteiger partial charge in [-0.25, -0.2) is 4.79 Å². The van der Waals surface area contributed by atoms with Gasteiger partial charge in [0.2, 0.25) is 0 Å². The van der Waals surface area contributed by atoms with Crippen LogP contribution < -0.4 is 16.3 Å². The van der Waals surface area contributed by atoms with Crippen molar-refractivity contribution in [3.05, 3.63) is 58.1 Å². The Labute approximate surface area is 229 Å². The van der Waals surface area contributed by atoms with E-state index in [1.165, 1.54) is 39.9 Å². The summed E-state index contributed by atoms with van der Waals surface area (Å²) in [4.78, 5) is 40.6. The summed E-state index contributed by atoms with van der Waals surface area (Å²) in [6.07, 6.45) is -3.90. The molecule has 0 aliphatic carbocycles. The minimum atomic E-state index is -5.07. The summed E-state index contributed by atoms with van der Waals surface area (Å²) in [6.45, 7) is 0.819. The Bertz CT molecular complexity index is 1280. The molecule has 2 amide bonds. The predicted octanol–water partition coefficient (Wildman–Crippen LogP) is 2.55. The van der Waals surface area contributed by atoms with Gasteiger partial charge in [-0.3, -0.25) is 14.2 Å². The van der Waals surface area contributed by atoms with Gasteiger partial charge in [-0.15, -0.1) is 0 Å². The van der Waals surface area contributed by atoms with E-state index in [1.807, 2.05) is 13.2 Å². The molecule has 1 aromatic carbocycles. The highest BCUT2D eigenvalue weighted by atomic mass is 33.1. The van der Waals surface area contributed by atoms with Gasteiger partial charge in [-0.1, -0.05) is 51.6 Å². The first-order chi connectivity index (χ1) is 18.5. The second-order valence-electron chi connectivity index (χ2n) is 8.05. The normalized spacial score (nSPS) is 19.6. The molecule has 210 valence electrons. The summed E-state index contributed by atoms with van der Waals surface area (Å²) in [5.74, 6) is 1.92. The highest BCUT2D eigenvalue weighted by Crippen LogP contribution is 2.34. The van der Waals surface area contributed by atoms with Gasteiger partial charge in [0, 0.05) is 18.2 Å². The molecule has 1 aliphatic heterocycles. The molecule has 0 radical (unpaired) electrons. The van der Waals surface area contributed by atoms with Gasteiger partial charge >= 0.3 is 17.8 Å². The number of benzene rings is 1. The van der Waals surface area contributed by atoms with Gasteiger partial charge in [0.15, 0.2) is 5.82 Å². The third kappa shape index (κ3) is 8.48. The number of aromatic nitrogens is 2. The van der Waals surface area contributed by atoms with Crippen LogP contribution >= 0.6 is 21.6 Å². The Morgan fingerprint density at radius 3 is 2.69 bits per heavy atom. The van der Waals surface area contributed by atoms with Crippen LogP contribution in [0.1, 0.15) is 35.5 Å². The van der Waals surface area contributed by atoms with Crippen LogP contribution in [0.3, 0.4) is 0 Å². The third-order valence-corrected chi connectivity index (χ3v) is 7.27. The van der Waals surface area contributed by atoms with Crippen LogP contribution in [0.5, 0.6) is 0 Å². The zero-order chi connectivity index (χ0) is 28.6. The Balaban J connectivity index is 1.90. The summed E-state index contributed by atoms with van der Waals surface area (Å²) in [7, 11) is 2.98. The molecule has 0 bridgehead atoms. The van der Waals surface area contributed by atoms with Gasteiger partial charge < -0.3 is 25.2 Å². The number of nitrogens with zero attached hydrogens (tertiary/aromatic N) is 2. The topological polar surface area (TPSA) is 132 Å². The highest BCUT2D eigenvalue weighted by molar-refractivity contribution is 8.76. The van der Waals surface area contributed by atoms with E-state index in [4.69, 9.17) is 9.47 Å². The monoisotopic (exact) mass is 586 g/mol. The SMILES string of the molecule is CSS[C@H](C)OC1C[C@H](n2cc(C#CCNC(=O)C(F)(F)F)c(NC(=O)c3ccccc3)nc2=O)O[C@@H]1CO. The van der Waals surface area contributed by atoms with Crippen LogP contribution in [0.25, 0.3) is 0 Å². The van der Waals surface area contributed by atoms with Crippen molar-refractivity contribution in [3.63, 3.8) is 0 Å². The zero-order valence-electron chi connectivity index (χ0n) is 20.7. The summed E-state index contributed by atoms with van der Waals surface area (Å²) in [5.41, 5.74) is -0.773. The van der Waals surface area contributed by atoms with Gasteiger partial charge in [0.25, 0.3) is 5.91 Å². The lowest BCUT2D eigenvalue weighted by Crippen LogP contribution is -2.36. The lowest BCUT2D eigenvalue weighted by molar-refractivity contribution is -0.173. The number of alkyl halides is 3. The van der Waals surface area contributed by atoms with Gasteiger partial charge in [-0.2, -0.15) is 18.2 Å². The van der Waals surface area contributed by atoms with Crippen LogP contribution in [-0.4, -0.2) is 69.7 Å². The largest absolute Gasteiger partial charge is 0.471 e. The number of aliphatic hydroxyl groups is 1. The summed E-state index contributed by atoms with van der Waals surface area (Å²) in [5, 5.41) is 13.9. The quantitative estimate of drug-likeness (QED) is 0.230. The lowest BCUT2D eigenvalue weighted by atomic mass is 10.2. The minimum Gasteiger partial charge on any atom is -0.394 e. The molecule has 1 aliphatic rings. The molecule has 1 unspecified atom stereocenters. The van der Waals surface area contributed by atoms with Crippen molar-refractivity contribution in [2.24, 2.45) is 0 Å². The van der Waals surface area contributed by atoms with E-state index in [2.05, 4.69) is 22.1 Å². The predicted molar refractivity (Wildman–Crippen MR) is 140 cm³/mol. The standard InChI is InChI=1S/C24H25F3N4O6S2/c1-14(39-38-2)36-17-11-19(37-18(17)13-32)31-12-16(9-6-10-28-22(34)24(25,26)27)20(30-23(31)35)29-21(33)15-7-4-3-5-8-15/h3-5,7-8,12,14,17-19,32H,10-11,13H2,1-2H3,(H,28,34)(H,29,30,33,35)/t14-,17?,18-,19-/m1/s1. The summed E-state index contributed by atoms with van der Waals surface area (Å²) in [6, 6.07) is 8.05. The molecule has 39 heavy (non-hydrogen) atoms. The molecule has 15 heteroatoms. The van der Waals surface area contributed by atoms with Gasteiger partial charge in [-0.05, 0) is 25.3 Å². The van der Waals surface area contributed by atoms with Crippen LogP contribution in [-0.2, 0) is 14.3 Å². The number of rotatable bonds is 9. The van der Waals surface area contributed by atoms with Crippen molar-refractivity contribution in [3.8, 4) is 11.8 Å². The third-order valence-electron chi connectivity index (χ3n) is 5.31. The number of nitrogens with one attached hydrogen (secondary N) is 2. The van der Waals surface area contributed by atoms with Gasteiger partial charge in [0.05, 0.1) is 24.8 Å². The van der Waals surface area contributed by atoms with Crippen LogP contribution in [0.4, 0.5) is 19.0 Å². The minimum absolute atomic E-state index is 0.0139. The fourth-order valence-corrected chi connectivity index (χ4v) is 4.99. The number of amides is 2. The first-order valence-corrected chi connectivity index (χ1v) is 14.1. The Morgan fingerprint density at radius 2 is 2.05 bits per heavy atom. The molecule has 2 aromatic rings. The van der Waals surface area contributed by atoms with Crippen molar-refractivity contribution in [1.29, 1.82) is 0 Å². The maximum atomic E-state index is 12.9. The van der Waals surface area contributed by atoms with E-state index in [1.54, 1.807) is 23.5 Å². The molecule has 2 heterocycles. The van der Waals surface area contributed by atoms with Crippen molar-refractivity contribution in [2.45, 2.75) is 43.4 Å². The first-order valence-electron chi connectivity index (χ1n) is 11.5. The molecule has 1 aromatic heterocycles. The molecule has 0 spiro atoms. The van der Waals surface area contributed by atoms with Crippen LogP contribution in [0.2, 0.25) is 0 Å². The smallest absolute Gasteiger partial charge is 0.394 e. The van der Waals surface area contributed by atoms with Crippen LogP contribution in [0, 0.1) is 11.8 Å². The van der Waals surface area contributed by atoms with E-state index >= 15 is 0 Å². The molecule has 10 nitrogen and oxygen atoms in total. The van der Waals surface area contributed by atoms with Crippen LogP contribution in [0.15, 0.2) is 41.3 Å². The second-order valence-corrected chi connectivity index (χ2v) is 10.8. The molecule has 1 fully saturated rings. The van der Waals surface area contributed by atoms with Crippen molar-refractivity contribution >= 4 is 39.2 Å². The Hall–Kier alpha value is -3.03. The molecule has 3 rings (SSSR count). The lowest BCUT2D eigenvalue weighted by Gasteiger charge is -2.20. The molecule has 4 atom stereocenters.